The highest BCUT2D eigenvalue weighted by Crippen LogP contribution is 2.34. The van der Waals surface area contributed by atoms with E-state index in [4.69, 9.17) is 5.73 Å². The summed E-state index contributed by atoms with van der Waals surface area (Å²) < 4.78 is 28.7. The molecule has 0 aliphatic carbocycles. The zero-order valence-corrected chi connectivity index (χ0v) is 22.0. The first-order valence-corrected chi connectivity index (χ1v) is 12.6. The number of carbonyl (C=O) groups excluding carboxylic acids is 2. The Balaban J connectivity index is 1.95. The molecule has 2 N–H and O–H groups in total. The van der Waals surface area contributed by atoms with Crippen LogP contribution in [-0.2, 0) is 0 Å². The van der Waals surface area contributed by atoms with E-state index in [1.807, 2.05) is 6.07 Å². The number of carbonyl (C=O) groups is 2. The van der Waals surface area contributed by atoms with E-state index in [9.17, 15) is 18.4 Å². The number of nitrogens with zero attached hydrogens (tertiary/aromatic N) is 2. The standard InChI is InChI=1S/C31H31F2N3O2/c1-5-6-18(2)17-36(4)31(38)29-26-15-20(21-11-23(30(34)37)14-25(33)12-21)7-8-28(26)35-16-27(29)22-9-19(3)10-24(32)13-22/h7-16,18H,5-6,17H2,1-4H3,(H2,34,37)/t18-/m0/s1. The van der Waals surface area contributed by atoms with Gasteiger partial charge in [-0.2, -0.15) is 0 Å². The van der Waals surface area contributed by atoms with E-state index in [1.54, 1.807) is 43.3 Å². The Morgan fingerprint density at radius 2 is 1.68 bits per heavy atom. The third kappa shape index (κ3) is 5.72. The van der Waals surface area contributed by atoms with Gasteiger partial charge in [-0.15, -0.1) is 0 Å². The van der Waals surface area contributed by atoms with E-state index in [0.717, 1.165) is 24.5 Å². The lowest BCUT2D eigenvalue weighted by Gasteiger charge is -2.24. The highest BCUT2D eigenvalue weighted by molar-refractivity contribution is 6.12. The maximum Gasteiger partial charge on any atom is 0.254 e. The number of nitrogens with two attached hydrogens (primary N) is 1. The number of benzene rings is 3. The van der Waals surface area contributed by atoms with Crippen molar-refractivity contribution >= 4 is 22.7 Å². The molecule has 1 atom stereocenters. The number of hydrogen-bond acceptors (Lipinski definition) is 3. The second kappa shape index (κ2) is 11.1. The second-order valence-corrected chi connectivity index (χ2v) is 9.97. The Bertz CT molecular complexity index is 1510. The van der Waals surface area contributed by atoms with Crippen LogP contribution in [0, 0.1) is 24.5 Å². The van der Waals surface area contributed by atoms with Gasteiger partial charge in [0, 0.05) is 36.3 Å². The molecule has 4 rings (SSSR count). The molecule has 0 radical (unpaired) electrons. The highest BCUT2D eigenvalue weighted by atomic mass is 19.1. The molecular weight excluding hydrogens is 484 g/mol. The maximum absolute atomic E-state index is 14.4. The topological polar surface area (TPSA) is 76.3 Å². The third-order valence-electron chi connectivity index (χ3n) is 6.66. The number of pyridine rings is 1. The Morgan fingerprint density at radius 3 is 2.37 bits per heavy atom. The second-order valence-electron chi connectivity index (χ2n) is 9.97. The van der Waals surface area contributed by atoms with Crippen LogP contribution in [0.15, 0.2) is 60.8 Å². The SMILES string of the molecule is CCC[C@H](C)CN(C)C(=O)c1c(-c2cc(C)cc(F)c2)cnc2ccc(-c3cc(F)cc(C(N)=O)c3)cc12. The minimum absolute atomic E-state index is 0.0446. The zero-order valence-electron chi connectivity index (χ0n) is 22.0. The molecule has 3 aromatic carbocycles. The van der Waals surface area contributed by atoms with Gasteiger partial charge in [0.1, 0.15) is 11.6 Å². The van der Waals surface area contributed by atoms with Crippen molar-refractivity contribution in [2.45, 2.75) is 33.6 Å². The summed E-state index contributed by atoms with van der Waals surface area (Å²) in [7, 11) is 1.76. The van der Waals surface area contributed by atoms with Gasteiger partial charge < -0.3 is 10.6 Å². The lowest BCUT2D eigenvalue weighted by Crippen LogP contribution is -2.31. The smallest absolute Gasteiger partial charge is 0.254 e. The van der Waals surface area contributed by atoms with Crippen molar-refractivity contribution < 1.29 is 18.4 Å². The van der Waals surface area contributed by atoms with Crippen LogP contribution in [0.3, 0.4) is 0 Å². The van der Waals surface area contributed by atoms with Crippen molar-refractivity contribution in [3.05, 3.63) is 89.1 Å². The first kappa shape index (κ1) is 26.9. The number of aromatic nitrogens is 1. The predicted molar refractivity (Wildman–Crippen MR) is 147 cm³/mol. The van der Waals surface area contributed by atoms with Gasteiger partial charge >= 0.3 is 0 Å². The summed E-state index contributed by atoms with van der Waals surface area (Å²) in [6.45, 7) is 6.56. The predicted octanol–water partition coefficient (Wildman–Crippen LogP) is 6.76. The molecule has 196 valence electrons. The van der Waals surface area contributed by atoms with Gasteiger partial charge in [0.25, 0.3) is 5.91 Å². The fraction of sp³-hybridized carbons (Fsp3) is 0.258. The number of hydrogen-bond donors (Lipinski definition) is 1. The molecule has 0 spiro atoms. The summed E-state index contributed by atoms with van der Waals surface area (Å²) in [5.41, 5.74) is 9.19. The summed E-state index contributed by atoms with van der Waals surface area (Å²) in [5.74, 6) is -1.66. The Kier molecular flexibility index (Phi) is 7.86. The van der Waals surface area contributed by atoms with Crippen LogP contribution in [0.5, 0.6) is 0 Å². The number of primary amides is 1. The van der Waals surface area contributed by atoms with Crippen molar-refractivity contribution in [3.8, 4) is 22.3 Å². The minimum atomic E-state index is -0.740. The minimum Gasteiger partial charge on any atom is -0.366 e. The first-order chi connectivity index (χ1) is 18.1. The van der Waals surface area contributed by atoms with Crippen molar-refractivity contribution in [2.24, 2.45) is 11.7 Å². The van der Waals surface area contributed by atoms with Crippen molar-refractivity contribution in [1.82, 2.24) is 9.88 Å². The quantitative estimate of drug-likeness (QED) is 0.282. The largest absolute Gasteiger partial charge is 0.366 e. The molecular formula is C31H31F2N3O2. The van der Waals surface area contributed by atoms with E-state index in [-0.39, 0.29) is 11.5 Å². The molecule has 0 bridgehead atoms. The van der Waals surface area contributed by atoms with Crippen molar-refractivity contribution in [3.63, 3.8) is 0 Å². The molecule has 1 heterocycles. The molecule has 0 saturated heterocycles. The van der Waals surface area contributed by atoms with Gasteiger partial charge in [0.05, 0.1) is 11.1 Å². The van der Waals surface area contributed by atoms with Gasteiger partial charge in [0.15, 0.2) is 0 Å². The average molecular weight is 516 g/mol. The lowest BCUT2D eigenvalue weighted by molar-refractivity contribution is 0.0776. The summed E-state index contributed by atoms with van der Waals surface area (Å²) in [5, 5.41) is 0.548. The summed E-state index contributed by atoms with van der Waals surface area (Å²) in [6, 6.07) is 13.8. The van der Waals surface area contributed by atoms with E-state index in [2.05, 4.69) is 18.8 Å². The van der Waals surface area contributed by atoms with Gasteiger partial charge in [0.2, 0.25) is 5.91 Å². The van der Waals surface area contributed by atoms with Crippen LogP contribution < -0.4 is 5.73 Å². The molecule has 7 heteroatoms. The average Bonchev–Trinajstić information content (AvgIpc) is 2.86. The van der Waals surface area contributed by atoms with Gasteiger partial charge in [-0.25, -0.2) is 8.78 Å². The van der Waals surface area contributed by atoms with Gasteiger partial charge in [-0.1, -0.05) is 32.4 Å². The summed E-state index contributed by atoms with van der Waals surface area (Å²) in [6.07, 6.45) is 3.59. The molecule has 5 nitrogen and oxygen atoms in total. The maximum atomic E-state index is 14.4. The molecule has 2 amide bonds. The molecule has 0 fully saturated rings. The molecule has 1 aromatic heterocycles. The molecule has 38 heavy (non-hydrogen) atoms. The third-order valence-corrected chi connectivity index (χ3v) is 6.66. The Labute approximate surface area is 221 Å². The van der Waals surface area contributed by atoms with Crippen LogP contribution in [0.25, 0.3) is 33.2 Å². The molecule has 0 aliphatic heterocycles. The summed E-state index contributed by atoms with van der Waals surface area (Å²) in [4.78, 5) is 32.0. The van der Waals surface area contributed by atoms with Crippen LogP contribution in [-0.4, -0.2) is 35.3 Å². The molecule has 0 aliphatic rings. The number of amides is 2. The normalized spacial score (nSPS) is 11.9. The Hall–Kier alpha value is -4.13. The van der Waals surface area contributed by atoms with E-state index in [0.29, 0.717) is 51.2 Å². The van der Waals surface area contributed by atoms with Crippen molar-refractivity contribution in [2.75, 3.05) is 13.6 Å². The number of rotatable bonds is 8. The molecule has 4 aromatic rings. The van der Waals surface area contributed by atoms with E-state index >= 15 is 0 Å². The van der Waals surface area contributed by atoms with Crippen LogP contribution >= 0.6 is 0 Å². The molecule has 0 saturated carbocycles. The van der Waals surface area contributed by atoms with E-state index < -0.39 is 17.5 Å². The number of halogens is 2. The van der Waals surface area contributed by atoms with Crippen LogP contribution in [0.4, 0.5) is 8.78 Å². The fourth-order valence-corrected chi connectivity index (χ4v) is 4.94. The zero-order chi connectivity index (χ0) is 27.6. The van der Waals surface area contributed by atoms with Gasteiger partial charge in [-0.05, 0) is 84.0 Å². The fourth-order valence-electron chi connectivity index (χ4n) is 4.94. The van der Waals surface area contributed by atoms with Gasteiger partial charge in [-0.3, -0.25) is 14.6 Å². The monoisotopic (exact) mass is 515 g/mol. The van der Waals surface area contributed by atoms with Crippen LogP contribution in [0.2, 0.25) is 0 Å². The number of aryl methyl sites for hydroxylation is 1. The highest BCUT2D eigenvalue weighted by Gasteiger charge is 2.23. The first-order valence-electron chi connectivity index (χ1n) is 12.6. The van der Waals surface area contributed by atoms with E-state index in [1.165, 1.54) is 24.3 Å². The Morgan fingerprint density at radius 1 is 0.974 bits per heavy atom. The summed E-state index contributed by atoms with van der Waals surface area (Å²) >= 11 is 0. The number of fused-ring (bicyclic) bond motifs is 1. The van der Waals surface area contributed by atoms with Crippen LogP contribution in [0.1, 0.15) is 53.0 Å². The van der Waals surface area contributed by atoms with Crippen molar-refractivity contribution in [1.29, 1.82) is 0 Å². The molecule has 0 unspecified atom stereocenters. The lowest BCUT2D eigenvalue weighted by atomic mass is 9.93.